The summed E-state index contributed by atoms with van der Waals surface area (Å²) in [6.07, 6.45) is 3.17. The van der Waals surface area contributed by atoms with Crippen molar-refractivity contribution in [2.45, 2.75) is 79.2 Å². The van der Waals surface area contributed by atoms with Gasteiger partial charge in [0.15, 0.2) is 5.65 Å². The lowest BCUT2D eigenvalue weighted by Crippen LogP contribution is -2.54. The Bertz CT molecular complexity index is 1890. The molecule has 1 atom stereocenters. The first kappa shape index (κ1) is 32.4. The number of fused-ring (bicyclic) bond motifs is 1. The van der Waals surface area contributed by atoms with Gasteiger partial charge in [-0.15, -0.1) is 0 Å². The van der Waals surface area contributed by atoms with Gasteiger partial charge in [0.25, 0.3) is 0 Å². The predicted molar refractivity (Wildman–Crippen MR) is 180 cm³/mol. The van der Waals surface area contributed by atoms with E-state index in [1.807, 2.05) is 65.5 Å². The van der Waals surface area contributed by atoms with E-state index >= 15 is 4.39 Å². The summed E-state index contributed by atoms with van der Waals surface area (Å²) in [5.74, 6) is -0.232. The van der Waals surface area contributed by atoms with Gasteiger partial charge in [-0.05, 0) is 79.3 Å². The topological polar surface area (TPSA) is 114 Å². The Hall–Kier alpha value is -4.54. The number of halogens is 1. The zero-order chi connectivity index (χ0) is 33.8. The van der Waals surface area contributed by atoms with Crippen LogP contribution in [0, 0.1) is 18.2 Å². The number of ether oxygens (including phenoxy) is 1. The summed E-state index contributed by atoms with van der Waals surface area (Å²) in [5, 5.41) is 11.5. The number of nitrogens with zero attached hydrogens (tertiary/aromatic N) is 6. The molecule has 6 rings (SSSR count). The summed E-state index contributed by atoms with van der Waals surface area (Å²) in [6.45, 7) is 15.5. The van der Waals surface area contributed by atoms with Crippen LogP contribution < -0.4 is 10.6 Å². The van der Waals surface area contributed by atoms with E-state index in [2.05, 4.69) is 4.98 Å². The molecule has 1 saturated heterocycles. The normalized spacial score (nSPS) is 17.1. The van der Waals surface area contributed by atoms with Crippen molar-refractivity contribution in [1.82, 2.24) is 24.4 Å². The number of aromatic hydroxyl groups is 1. The third-order valence-corrected chi connectivity index (χ3v) is 8.83. The van der Waals surface area contributed by atoms with Crippen LogP contribution in [0.25, 0.3) is 28.0 Å². The number of rotatable bonds is 6. The zero-order valence-corrected chi connectivity index (χ0v) is 28.2. The lowest BCUT2D eigenvalue weighted by Gasteiger charge is -2.40. The molecule has 1 saturated carbocycles. The number of carbonyl (C=O) groups is 1. The number of phenolic OH excluding ortho intramolecular Hbond substituents is 1. The van der Waals surface area contributed by atoms with Crippen molar-refractivity contribution in [2.24, 2.45) is 5.41 Å². The molecular weight excluding hydrogens is 599 g/mol. The summed E-state index contributed by atoms with van der Waals surface area (Å²) in [5.41, 5.74) is 2.86. The van der Waals surface area contributed by atoms with Crippen LogP contribution >= 0.6 is 0 Å². The Morgan fingerprint density at radius 3 is 2.53 bits per heavy atom. The van der Waals surface area contributed by atoms with Crippen molar-refractivity contribution >= 4 is 22.9 Å². The number of carbonyl (C=O) groups excluding carboxylic acids is 1. The van der Waals surface area contributed by atoms with E-state index in [1.165, 1.54) is 22.8 Å². The highest BCUT2D eigenvalue weighted by molar-refractivity contribution is 5.92. The predicted octanol–water partition coefficient (Wildman–Crippen LogP) is 6.69. The van der Waals surface area contributed by atoms with Gasteiger partial charge in [-0.25, -0.2) is 23.5 Å². The molecule has 1 aliphatic heterocycles. The molecule has 2 aliphatic rings. The van der Waals surface area contributed by atoms with Gasteiger partial charge in [0.05, 0.1) is 34.6 Å². The average Bonchev–Trinajstić information content (AvgIpc) is 3.85. The Balaban J connectivity index is 1.56. The fourth-order valence-electron chi connectivity index (χ4n) is 6.31. The first-order valence-corrected chi connectivity index (χ1v) is 16.3. The lowest BCUT2D eigenvalue weighted by molar-refractivity contribution is 0.0675. The van der Waals surface area contributed by atoms with Crippen LogP contribution in [0.3, 0.4) is 0 Å². The third-order valence-electron chi connectivity index (χ3n) is 8.83. The Kier molecular flexibility index (Phi) is 8.44. The van der Waals surface area contributed by atoms with Gasteiger partial charge in [-0.1, -0.05) is 40.7 Å². The van der Waals surface area contributed by atoms with Crippen LogP contribution in [-0.4, -0.2) is 67.9 Å². The van der Waals surface area contributed by atoms with Crippen LogP contribution in [0.1, 0.15) is 83.0 Å². The minimum atomic E-state index is -0.592. The van der Waals surface area contributed by atoms with Crippen LogP contribution in [-0.2, 0) is 4.74 Å². The minimum Gasteiger partial charge on any atom is -0.507 e. The van der Waals surface area contributed by atoms with Crippen molar-refractivity contribution in [2.75, 3.05) is 31.1 Å². The number of aryl methyl sites for hydroxylation is 1. The van der Waals surface area contributed by atoms with E-state index in [0.717, 1.165) is 24.0 Å². The molecule has 4 aromatic rings. The number of hydrogen-bond donors (Lipinski definition) is 1. The van der Waals surface area contributed by atoms with Crippen molar-refractivity contribution in [1.29, 1.82) is 0 Å². The maximum atomic E-state index is 15.4. The maximum Gasteiger partial charge on any atom is 0.409 e. The Morgan fingerprint density at radius 1 is 1.15 bits per heavy atom. The molecule has 0 spiro atoms. The van der Waals surface area contributed by atoms with Gasteiger partial charge in [-0.2, -0.15) is 4.98 Å². The second-order valence-electron chi connectivity index (χ2n) is 14.4. The summed E-state index contributed by atoms with van der Waals surface area (Å²) < 4.78 is 22.5. The van der Waals surface area contributed by atoms with E-state index in [0.29, 0.717) is 60.2 Å². The van der Waals surface area contributed by atoms with Gasteiger partial charge in [0.1, 0.15) is 17.4 Å². The first-order chi connectivity index (χ1) is 22.2. The highest BCUT2D eigenvalue weighted by atomic mass is 19.1. The van der Waals surface area contributed by atoms with Crippen molar-refractivity contribution < 1.29 is 19.0 Å². The average molecular weight is 643 g/mol. The largest absolute Gasteiger partial charge is 0.507 e. The van der Waals surface area contributed by atoms with Crippen LogP contribution in [0.4, 0.5) is 15.0 Å². The molecule has 0 unspecified atom stereocenters. The lowest BCUT2D eigenvalue weighted by atomic mass is 9.99. The molecule has 0 bridgehead atoms. The number of phenols is 1. The number of anilines is 1. The molecule has 1 aliphatic carbocycles. The van der Waals surface area contributed by atoms with E-state index in [9.17, 15) is 14.7 Å². The second kappa shape index (κ2) is 12.2. The third kappa shape index (κ3) is 6.27. The van der Waals surface area contributed by atoms with E-state index < -0.39 is 11.5 Å². The molecule has 1 amide bonds. The number of hydrogen-bond acceptors (Lipinski definition) is 8. The fraction of sp³-hybridized carbons (Fsp3) is 0.472. The van der Waals surface area contributed by atoms with Gasteiger partial charge in [0.2, 0.25) is 0 Å². The van der Waals surface area contributed by atoms with Crippen LogP contribution in [0.2, 0.25) is 0 Å². The molecule has 4 heterocycles. The van der Waals surface area contributed by atoms with E-state index in [1.54, 1.807) is 11.1 Å². The van der Waals surface area contributed by atoms with E-state index in [4.69, 9.17) is 14.7 Å². The molecule has 248 valence electrons. The Morgan fingerprint density at radius 2 is 1.89 bits per heavy atom. The smallest absolute Gasteiger partial charge is 0.409 e. The number of benzene rings is 1. The molecule has 0 radical (unpaired) electrons. The van der Waals surface area contributed by atoms with Gasteiger partial charge in [0, 0.05) is 31.9 Å². The SMILES string of the molecule is Cc1ccnc(C(C)C)c1-n1c(=O)nc(N2CCN(C(=O)OCC(C)(C)C)C[C@@H]2C)c2cc(C3CC3)c(-c3c(O)cccc3F)nc21. The standard InChI is InChI=1S/C36H43FN6O4/c1-20(2)29-31(21(3)13-14-38-29)43-33-25(17-24(23-11-12-23)30(39-33)28-26(37)9-8-10-27(28)44)32(40-34(43)45)42-16-15-41(18-22(42)4)35(46)47-19-36(5,6)7/h8-10,13-14,17,20,22-23,44H,11-12,15-16,18-19H2,1-7H3/t22-/m0/s1. The summed E-state index contributed by atoms with van der Waals surface area (Å²) in [6, 6.07) is 7.83. The van der Waals surface area contributed by atoms with E-state index in [-0.39, 0.29) is 40.7 Å². The quantitative estimate of drug-likeness (QED) is 0.248. The summed E-state index contributed by atoms with van der Waals surface area (Å²) in [7, 11) is 0. The van der Waals surface area contributed by atoms with Gasteiger partial charge >= 0.3 is 11.8 Å². The molecule has 1 N–H and O–H groups in total. The Labute approximate surface area is 274 Å². The minimum absolute atomic E-state index is 0.0106. The van der Waals surface area contributed by atoms with Crippen molar-refractivity contribution in [3.63, 3.8) is 0 Å². The van der Waals surface area contributed by atoms with Crippen LogP contribution in [0.15, 0.2) is 41.3 Å². The van der Waals surface area contributed by atoms with Crippen LogP contribution in [0.5, 0.6) is 5.75 Å². The molecular formula is C36H43FN6O4. The van der Waals surface area contributed by atoms with Gasteiger partial charge in [-0.3, -0.25) is 4.98 Å². The number of pyridine rings is 2. The second-order valence-corrected chi connectivity index (χ2v) is 14.4. The van der Waals surface area contributed by atoms with Crippen molar-refractivity contribution in [3.05, 3.63) is 69.7 Å². The molecule has 3 aromatic heterocycles. The number of aromatic nitrogens is 4. The monoisotopic (exact) mass is 642 g/mol. The van der Waals surface area contributed by atoms with Crippen molar-refractivity contribution in [3.8, 4) is 22.7 Å². The molecule has 11 heteroatoms. The molecule has 2 fully saturated rings. The zero-order valence-electron chi connectivity index (χ0n) is 28.2. The summed E-state index contributed by atoms with van der Waals surface area (Å²) >= 11 is 0. The molecule has 47 heavy (non-hydrogen) atoms. The summed E-state index contributed by atoms with van der Waals surface area (Å²) in [4.78, 5) is 45.3. The molecule has 1 aromatic carbocycles. The highest BCUT2D eigenvalue weighted by Gasteiger charge is 2.35. The number of piperazine rings is 1. The fourth-order valence-corrected chi connectivity index (χ4v) is 6.31. The number of amides is 1. The van der Waals surface area contributed by atoms with Gasteiger partial charge < -0.3 is 19.6 Å². The maximum absolute atomic E-state index is 15.4. The highest BCUT2D eigenvalue weighted by Crippen LogP contribution is 2.47. The molecule has 10 nitrogen and oxygen atoms in total. The first-order valence-electron chi connectivity index (χ1n) is 16.3.